The van der Waals surface area contributed by atoms with Crippen LogP contribution in [-0.4, -0.2) is 18.1 Å². The van der Waals surface area contributed by atoms with Gasteiger partial charge in [0.05, 0.1) is 7.11 Å². The molecule has 1 heterocycles. The Bertz CT molecular complexity index is 221. The van der Waals surface area contributed by atoms with Crippen molar-refractivity contribution in [3.05, 3.63) is 30.1 Å². The molecule has 0 radical (unpaired) electrons. The molecular formula is C9H13NO2. The predicted octanol–water partition coefficient (Wildman–Crippen LogP) is 1.57. The van der Waals surface area contributed by atoms with Crippen LogP contribution in [0.4, 0.5) is 0 Å². The second kappa shape index (κ2) is 6.34. The molecule has 0 fully saturated rings. The van der Waals surface area contributed by atoms with Crippen LogP contribution >= 0.6 is 0 Å². The molecule has 0 spiro atoms. The molecule has 3 nitrogen and oxygen atoms in total. The van der Waals surface area contributed by atoms with Crippen LogP contribution in [-0.2, 0) is 9.53 Å². The molecule has 0 aliphatic carbocycles. The summed E-state index contributed by atoms with van der Waals surface area (Å²) in [6.45, 7) is 3.40. The van der Waals surface area contributed by atoms with Crippen LogP contribution in [0.3, 0.4) is 0 Å². The standard InChI is InChI=1S/C6H7N.C3H6O2/c1-6-2-4-7-5-3-6;1-3(4)5-2/h2-5H,1H3;1-2H3. The highest BCUT2D eigenvalue weighted by atomic mass is 16.5. The first-order chi connectivity index (χ1) is 5.66. The van der Waals surface area contributed by atoms with E-state index < -0.39 is 0 Å². The van der Waals surface area contributed by atoms with Gasteiger partial charge in [0.1, 0.15) is 0 Å². The zero-order chi connectivity index (χ0) is 9.40. The topological polar surface area (TPSA) is 39.2 Å². The van der Waals surface area contributed by atoms with E-state index in [4.69, 9.17) is 0 Å². The van der Waals surface area contributed by atoms with E-state index in [1.807, 2.05) is 19.1 Å². The number of aryl methyl sites for hydroxylation is 1. The fourth-order valence-electron chi connectivity index (χ4n) is 0.426. The van der Waals surface area contributed by atoms with Crippen molar-refractivity contribution in [3.63, 3.8) is 0 Å². The van der Waals surface area contributed by atoms with Crippen molar-refractivity contribution in [2.45, 2.75) is 13.8 Å². The third kappa shape index (κ3) is 6.74. The minimum Gasteiger partial charge on any atom is -0.469 e. The number of carbonyl (C=O) groups excluding carboxylic acids is 1. The Morgan fingerprint density at radius 1 is 1.42 bits per heavy atom. The molecule has 0 saturated heterocycles. The van der Waals surface area contributed by atoms with Gasteiger partial charge < -0.3 is 4.74 Å². The lowest BCUT2D eigenvalue weighted by atomic mass is 10.3. The SMILES string of the molecule is COC(C)=O.Cc1ccncc1. The minimum absolute atomic E-state index is 0.245. The van der Waals surface area contributed by atoms with Crippen LogP contribution < -0.4 is 0 Å². The molecule has 1 aromatic heterocycles. The predicted molar refractivity (Wildman–Crippen MR) is 46.7 cm³/mol. The van der Waals surface area contributed by atoms with Gasteiger partial charge in [-0.1, -0.05) is 0 Å². The lowest BCUT2D eigenvalue weighted by Gasteiger charge is -1.82. The molecule has 0 aromatic carbocycles. The zero-order valence-electron chi connectivity index (χ0n) is 7.57. The average Bonchev–Trinajstić information content (AvgIpc) is 2.07. The Balaban J connectivity index is 0.000000217. The number of methoxy groups -OCH3 is 1. The van der Waals surface area contributed by atoms with E-state index in [0.29, 0.717) is 0 Å². The normalized spacial score (nSPS) is 7.92. The van der Waals surface area contributed by atoms with Crippen LogP contribution in [0.1, 0.15) is 12.5 Å². The summed E-state index contributed by atoms with van der Waals surface area (Å²) in [5.74, 6) is -0.245. The second-order valence-electron chi connectivity index (χ2n) is 2.22. The third-order valence-electron chi connectivity index (χ3n) is 1.13. The van der Waals surface area contributed by atoms with Crippen LogP contribution in [0.15, 0.2) is 24.5 Å². The van der Waals surface area contributed by atoms with Gasteiger partial charge in [-0.3, -0.25) is 9.78 Å². The molecule has 0 atom stereocenters. The fraction of sp³-hybridized carbons (Fsp3) is 0.333. The monoisotopic (exact) mass is 167 g/mol. The van der Waals surface area contributed by atoms with Gasteiger partial charge in [0.25, 0.3) is 0 Å². The van der Waals surface area contributed by atoms with Gasteiger partial charge in [-0.15, -0.1) is 0 Å². The first-order valence-corrected chi connectivity index (χ1v) is 3.58. The van der Waals surface area contributed by atoms with Crippen LogP contribution in [0.25, 0.3) is 0 Å². The van der Waals surface area contributed by atoms with Crippen molar-refractivity contribution in [2.24, 2.45) is 0 Å². The second-order valence-corrected chi connectivity index (χ2v) is 2.22. The molecule has 0 aliphatic heterocycles. The number of pyridine rings is 1. The van der Waals surface area contributed by atoms with Crippen molar-refractivity contribution >= 4 is 5.97 Å². The highest BCUT2D eigenvalue weighted by molar-refractivity contribution is 5.65. The Kier molecular flexibility index (Phi) is 5.61. The largest absolute Gasteiger partial charge is 0.469 e. The summed E-state index contributed by atoms with van der Waals surface area (Å²) in [4.78, 5) is 13.4. The van der Waals surface area contributed by atoms with E-state index >= 15 is 0 Å². The zero-order valence-corrected chi connectivity index (χ0v) is 7.57. The van der Waals surface area contributed by atoms with E-state index in [2.05, 4.69) is 9.72 Å². The third-order valence-corrected chi connectivity index (χ3v) is 1.13. The summed E-state index contributed by atoms with van der Waals surface area (Å²) >= 11 is 0. The molecular weight excluding hydrogens is 154 g/mol. The van der Waals surface area contributed by atoms with E-state index in [1.54, 1.807) is 12.4 Å². The summed E-state index contributed by atoms with van der Waals surface area (Å²) in [5, 5.41) is 0. The van der Waals surface area contributed by atoms with Crippen molar-refractivity contribution in [3.8, 4) is 0 Å². The highest BCUT2D eigenvalue weighted by Gasteiger charge is 1.75. The summed E-state index contributed by atoms with van der Waals surface area (Å²) in [7, 11) is 1.35. The Morgan fingerprint density at radius 2 is 1.83 bits per heavy atom. The van der Waals surface area contributed by atoms with Gasteiger partial charge in [-0.05, 0) is 24.6 Å². The van der Waals surface area contributed by atoms with E-state index in [-0.39, 0.29) is 5.97 Å². The molecule has 0 unspecified atom stereocenters. The van der Waals surface area contributed by atoms with Crippen molar-refractivity contribution in [1.82, 2.24) is 4.98 Å². The Morgan fingerprint density at radius 3 is 2.00 bits per heavy atom. The lowest BCUT2D eigenvalue weighted by molar-refractivity contribution is -0.137. The molecule has 66 valence electrons. The van der Waals surface area contributed by atoms with Crippen molar-refractivity contribution in [1.29, 1.82) is 0 Å². The van der Waals surface area contributed by atoms with E-state index in [0.717, 1.165) is 0 Å². The summed E-state index contributed by atoms with van der Waals surface area (Å²) in [5.41, 5.74) is 1.26. The van der Waals surface area contributed by atoms with Gasteiger partial charge in [0.2, 0.25) is 0 Å². The molecule has 0 saturated carbocycles. The Hall–Kier alpha value is -1.38. The number of nitrogens with zero attached hydrogens (tertiary/aromatic N) is 1. The number of esters is 1. The van der Waals surface area contributed by atoms with Crippen LogP contribution in [0, 0.1) is 6.92 Å². The molecule has 3 heteroatoms. The number of ether oxygens (including phenoxy) is 1. The lowest BCUT2D eigenvalue weighted by Crippen LogP contribution is -1.88. The van der Waals surface area contributed by atoms with Gasteiger partial charge in [0.15, 0.2) is 0 Å². The highest BCUT2D eigenvalue weighted by Crippen LogP contribution is 1.88. The van der Waals surface area contributed by atoms with E-state index in [9.17, 15) is 4.79 Å². The minimum atomic E-state index is -0.245. The summed E-state index contributed by atoms with van der Waals surface area (Å²) in [6, 6.07) is 3.94. The first-order valence-electron chi connectivity index (χ1n) is 3.58. The number of hydrogen-bond donors (Lipinski definition) is 0. The fourth-order valence-corrected chi connectivity index (χ4v) is 0.426. The molecule has 0 N–H and O–H groups in total. The van der Waals surface area contributed by atoms with Crippen LogP contribution in [0.5, 0.6) is 0 Å². The van der Waals surface area contributed by atoms with Crippen molar-refractivity contribution in [2.75, 3.05) is 7.11 Å². The van der Waals surface area contributed by atoms with Gasteiger partial charge in [0, 0.05) is 19.3 Å². The summed E-state index contributed by atoms with van der Waals surface area (Å²) in [6.07, 6.45) is 3.57. The molecule has 12 heavy (non-hydrogen) atoms. The number of hydrogen-bond acceptors (Lipinski definition) is 3. The smallest absolute Gasteiger partial charge is 0.302 e. The van der Waals surface area contributed by atoms with Gasteiger partial charge in [-0.25, -0.2) is 0 Å². The number of rotatable bonds is 0. The molecule has 1 rings (SSSR count). The summed E-state index contributed by atoms with van der Waals surface area (Å²) < 4.78 is 4.11. The van der Waals surface area contributed by atoms with Gasteiger partial charge >= 0.3 is 5.97 Å². The molecule has 1 aromatic rings. The maximum absolute atomic E-state index is 9.59. The average molecular weight is 167 g/mol. The van der Waals surface area contributed by atoms with Crippen LogP contribution in [0.2, 0.25) is 0 Å². The first kappa shape index (κ1) is 10.6. The quantitative estimate of drug-likeness (QED) is 0.550. The van der Waals surface area contributed by atoms with E-state index in [1.165, 1.54) is 19.6 Å². The number of carbonyl (C=O) groups is 1. The molecule has 0 bridgehead atoms. The molecule has 0 aliphatic rings. The van der Waals surface area contributed by atoms with Gasteiger partial charge in [-0.2, -0.15) is 0 Å². The molecule has 0 amide bonds. The number of aromatic nitrogens is 1. The Labute approximate surface area is 72.4 Å². The van der Waals surface area contributed by atoms with Crippen molar-refractivity contribution < 1.29 is 9.53 Å². The maximum atomic E-state index is 9.59. The maximum Gasteiger partial charge on any atom is 0.302 e.